The van der Waals surface area contributed by atoms with Gasteiger partial charge in [0.1, 0.15) is 0 Å². The molecule has 3 heterocycles. The van der Waals surface area contributed by atoms with Crippen molar-refractivity contribution in [2.24, 2.45) is 0 Å². The molecule has 0 amide bonds. The van der Waals surface area contributed by atoms with Crippen LogP contribution in [0.3, 0.4) is 0 Å². The number of nitrogens with zero attached hydrogens (tertiary/aromatic N) is 3. The average Bonchev–Trinajstić information content (AvgIpc) is 3.76. The summed E-state index contributed by atoms with van der Waals surface area (Å²) in [6, 6.07) is 50.7. The fraction of sp³-hybridized carbons (Fsp3) is 0.0667. The van der Waals surface area contributed by atoms with Gasteiger partial charge in [-0.25, -0.2) is 9.97 Å². The van der Waals surface area contributed by atoms with Crippen molar-refractivity contribution in [1.29, 1.82) is 0 Å². The fourth-order valence-corrected chi connectivity index (χ4v) is 9.66. The molecular weight excluding hydrogens is 615 g/mol. The molecule has 10 aromatic rings. The van der Waals surface area contributed by atoms with Gasteiger partial charge in [0, 0.05) is 52.7 Å². The molecule has 0 aliphatic heterocycles. The fourth-order valence-electron chi connectivity index (χ4n) is 8.58. The van der Waals surface area contributed by atoms with E-state index in [2.05, 4.69) is 158 Å². The van der Waals surface area contributed by atoms with E-state index in [1.165, 1.54) is 69.5 Å². The van der Waals surface area contributed by atoms with Crippen molar-refractivity contribution in [2.75, 3.05) is 0 Å². The van der Waals surface area contributed by atoms with E-state index in [9.17, 15) is 0 Å². The zero-order chi connectivity index (χ0) is 32.4. The Balaban J connectivity index is 1.30. The summed E-state index contributed by atoms with van der Waals surface area (Å²) in [6.45, 7) is 4.73. The van der Waals surface area contributed by atoms with Crippen molar-refractivity contribution in [2.45, 2.75) is 19.3 Å². The van der Waals surface area contributed by atoms with E-state index in [0.29, 0.717) is 5.95 Å². The Labute approximate surface area is 286 Å². The predicted molar refractivity (Wildman–Crippen MR) is 207 cm³/mol. The summed E-state index contributed by atoms with van der Waals surface area (Å²) < 4.78 is 4.97. The summed E-state index contributed by atoms with van der Waals surface area (Å²) in [4.78, 5) is 11.0. The quantitative estimate of drug-likeness (QED) is 0.188. The predicted octanol–water partition coefficient (Wildman–Crippen LogP) is 12.2. The maximum Gasteiger partial charge on any atom is 0.235 e. The van der Waals surface area contributed by atoms with Crippen LogP contribution in [0.2, 0.25) is 0 Å². The van der Waals surface area contributed by atoms with Crippen LogP contribution < -0.4 is 0 Å². The molecule has 0 bridgehead atoms. The molecule has 1 aliphatic carbocycles. The van der Waals surface area contributed by atoms with Gasteiger partial charge < -0.3 is 0 Å². The van der Waals surface area contributed by atoms with Gasteiger partial charge in [-0.3, -0.25) is 4.57 Å². The topological polar surface area (TPSA) is 30.7 Å². The van der Waals surface area contributed by atoms with Gasteiger partial charge in [-0.1, -0.05) is 129 Å². The Morgan fingerprint density at radius 3 is 2.16 bits per heavy atom. The molecule has 7 aromatic carbocycles. The SMILES string of the molecule is CC1(C)c2ccccc2-c2ccc3c4ccc5ccccc5c4n(-c4nc(-c5ccc6sc7ccccc7c6c5)c5ccccc5n4)c3c21. The van der Waals surface area contributed by atoms with Crippen molar-refractivity contribution in [3.05, 3.63) is 151 Å². The summed E-state index contributed by atoms with van der Waals surface area (Å²) in [7, 11) is 0. The Bertz CT molecular complexity index is 3030. The van der Waals surface area contributed by atoms with Gasteiger partial charge in [0.05, 0.1) is 22.2 Å². The van der Waals surface area contributed by atoms with Gasteiger partial charge in [0.25, 0.3) is 0 Å². The van der Waals surface area contributed by atoms with E-state index in [-0.39, 0.29) is 5.41 Å². The highest BCUT2D eigenvalue weighted by Gasteiger charge is 2.38. The molecule has 11 rings (SSSR count). The van der Waals surface area contributed by atoms with E-state index in [1.54, 1.807) is 0 Å². The first-order chi connectivity index (χ1) is 24.1. The smallest absolute Gasteiger partial charge is 0.235 e. The largest absolute Gasteiger partial charge is 0.277 e. The highest BCUT2D eigenvalue weighted by molar-refractivity contribution is 7.25. The van der Waals surface area contributed by atoms with Crippen molar-refractivity contribution < 1.29 is 0 Å². The van der Waals surface area contributed by atoms with E-state index in [0.717, 1.165) is 27.7 Å². The summed E-state index contributed by atoms with van der Waals surface area (Å²) in [5.74, 6) is 0.695. The molecule has 230 valence electrons. The number of benzene rings is 7. The van der Waals surface area contributed by atoms with Gasteiger partial charge in [-0.05, 0) is 51.9 Å². The first-order valence-corrected chi connectivity index (χ1v) is 17.7. The van der Waals surface area contributed by atoms with Gasteiger partial charge in [0.15, 0.2) is 0 Å². The van der Waals surface area contributed by atoms with Gasteiger partial charge >= 0.3 is 0 Å². The highest BCUT2D eigenvalue weighted by atomic mass is 32.1. The van der Waals surface area contributed by atoms with E-state index in [4.69, 9.17) is 9.97 Å². The van der Waals surface area contributed by atoms with Crippen LogP contribution in [0.15, 0.2) is 140 Å². The number of para-hydroxylation sites is 1. The van der Waals surface area contributed by atoms with Crippen LogP contribution >= 0.6 is 11.3 Å². The highest BCUT2D eigenvalue weighted by Crippen LogP contribution is 2.53. The van der Waals surface area contributed by atoms with Crippen LogP contribution in [-0.2, 0) is 5.41 Å². The van der Waals surface area contributed by atoms with Crippen molar-refractivity contribution in [3.63, 3.8) is 0 Å². The average molecular weight is 644 g/mol. The molecule has 0 spiro atoms. The number of rotatable bonds is 2. The molecular formula is C45H29N3S. The lowest BCUT2D eigenvalue weighted by Crippen LogP contribution is -2.17. The van der Waals surface area contributed by atoms with E-state index >= 15 is 0 Å². The Morgan fingerprint density at radius 1 is 0.531 bits per heavy atom. The third-order valence-corrected chi connectivity index (χ3v) is 11.9. The first-order valence-electron chi connectivity index (χ1n) is 16.8. The molecule has 0 saturated carbocycles. The zero-order valence-electron chi connectivity index (χ0n) is 27.0. The second-order valence-corrected chi connectivity index (χ2v) is 14.9. The molecule has 3 aromatic heterocycles. The van der Waals surface area contributed by atoms with Crippen LogP contribution in [0.5, 0.6) is 0 Å². The van der Waals surface area contributed by atoms with Gasteiger partial charge in [-0.15, -0.1) is 11.3 Å². The Hall–Kier alpha value is -5.84. The number of hydrogen-bond acceptors (Lipinski definition) is 3. The van der Waals surface area contributed by atoms with Crippen LogP contribution in [0.25, 0.3) is 92.0 Å². The lowest BCUT2D eigenvalue weighted by molar-refractivity contribution is 0.663. The molecule has 0 radical (unpaired) electrons. The lowest BCUT2D eigenvalue weighted by Gasteiger charge is -2.23. The second kappa shape index (κ2) is 9.62. The minimum Gasteiger partial charge on any atom is -0.277 e. The van der Waals surface area contributed by atoms with Crippen LogP contribution in [0, 0.1) is 0 Å². The minimum absolute atomic E-state index is 0.210. The summed E-state index contributed by atoms with van der Waals surface area (Å²) in [5.41, 5.74) is 10.4. The maximum absolute atomic E-state index is 5.57. The lowest BCUT2D eigenvalue weighted by atomic mass is 9.81. The monoisotopic (exact) mass is 643 g/mol. The second-order valence-electron chi connectivity index (χ2n) is 13.8. The van der Waals surface area contributed by atoms with E-state index in [1.807, 2.05) is 11.3 Å². The number of hydrogen-bond donors (Lipinski definition) is 0. The molecule has 0 fully saturated rings. The summed E-state index contributed by atoms with van der Waals surface area (Å²) >= 11 is 1.84. The normalized spacial score (nSPS) is 13.7. The molecule has 0 unspecified atom stereocenters. The molecule has 0 N–H and O–H groups in total. The molecule has 49 heavy (non-hydrogen) atoms. The van der Waals surface area contributed by atoms with Gasteiger partial charge in [0.2, 0.25) is 5.95 Å². The van der Waals surface area contributed by atoms with Crippen molar-refractivity contribution in [1.82, 2.24) is 14.5 Å². The minimum atomic E-state index is -0.210. The number of fused-ring (bicyclic) bond motifs is 13. The number of aromatic nitrogens is 3. The number of thiophene rings is 1. The van der Waals surface area contributed by atoms with Gasteiger partial charge in [-0.2, -0.15) is 0 Å². The van der Waals surface area contributed by atoms with Crippen LogP contribution in [-0.4, -0.2) is 14.5 Å². The zero-order valence-corrected chi connectivity index (χ0v) is 27.8. The Morgan fingerprint density at radius 2 is 1.24 bits per heavy atom. The molecule has 4 heteroatoms. The first kappa shape index (κ1) is 27.1. The van der Waals surface area contributed by atoms with Crippen molar-refractivity contribution >= 4 is 75.0 Å². The van der Waals surface area contributed by atoms with Crippen molar-refractivity contribution in [3.8, 4) is 28.3 Å². The molecule has 3 nitrogen and oxygen atoms in total. The van der Waals surface area contributed by atoms with E-state index < -0.39 is 0 Å². The Kier molecular flexibility index (Phi) is 5.33. The molecule has 0 saturated heterocycles. The maximum atomic E-state index is 5.57. The molecule has 0 atom stereocenters. The third kappa shape index (κ3) is 3.61. The van der Waals surface area contributed by atoms with Crippen LogP contribution in [0.4, 0.5) is 0 Å². The summed E-state index contributed by atoms with van der Waals surface area (Å²) in [6.07, 6.45) is 0. The van der Waals surface area contributed by atoms with Crippen LogP contribution in [0.1, 0.15) is 25.0 Å². The molecule has 1 aliphatic rings. The third-order valence-electron chi connectivity index (χ3n) is 10.8. The summed E-state index contributed by atoms with van der Waals surface area (Å²) in [5, 5.41) is 8.44. The standard InChI is InChI=1S/C45H29N3S/c1-45(2)36-16-8-5-13-29(36)31-22-23-33-32-21-19-26-11-3-4-12-28(26)42(32)48(43(33)40(31)45)44-46-37-17-9-6-15-34(37)41(47-44)27-20-24-39-35(25-27)30-14-7-10-18-38(30)49-39/h3-25H,1-2H3.